The zero-order valence-electron chi connectivity index (χ0n) is 12.1. The minimum atomic E-state index is 0.0793. The number of carbonyl (C=O) groups excluding carboxylic acids is 1. The number of aliphatic hydroxyl groups excluding tert-OH is 1. The van der Waals surface area contributed by atoms with Crippen LogP contribution in [0.25, 0.3) is 0 Å². The first-order valence-corrected chi connectivity index (χ1v) is 7.86. The first kappa shape index (κ1) is 14.8. The summed E-state index contributed by atoms with van der Waals surface area (Å²) in [5.74, 6) is 0.810. The lowest BCUT2D eigenvalue weighted by Crippen LogP contribution is -2.47. The van der Waals surface area contributed by atoms with Gasteiger partial charge in [-0.05, 0) is 38.1 Å². The number of hydrogen-bond donors (Lipinski definition) is 2. The molecule has 110 valence electrons. The van der Waals surface area contributed by atoms with Gasteiger partial charge in [0.2, 0.25) is 5.91 Å². The fourth-order valence-electron chi connectivity index (χ4n) is 3.53. The van der Waals surface area contributed by atoms with E-state index >= 15 is 0 Å². The van der Waals surface area contributed by atoms with E-state index in [1.165, 1.54) is 25.7 Å². The second-order valence-corrected chi connectivity index (χ2v) is 6.13. The molecule has 2 aliphatic rings. The summed E-state index contributed by atoms with van der Waals surface area (Å²) < 4.78 is 0. The van der Waals surface area contributed by atoms with Crippen molar-refractivity contribution in [3.05, 3.63) is 0 Å². The van der Waals surface area contributed by atoms with Gasteiger partial charge in [-0.3, -0.25) is 4.79 Å². The van der Waals surface area contributed by atoms with E-state index in [2.05, 4.69) is 12.2 Å². The molecular weight excluding hydrogens is 240 g/mol. The van der Waals surface area contributed by atoms with Gasteiger partial charge in [-0.25, -0.2) is 0 Å². The number of aliphatic hydroxyl groups is 1. The smallest absolute Gasteiger partial charge is 0.224 e. The van der Waals surface area contributed by atoms with Crippen LogP contribution in [-0.2, 0) is 4.79 Å². The molecule has 1 amide bonds. The third-order valence-electron chi connectivity index (χ3n) is 4.75. The van der Waals surface area contributed by atoms with E-state index in [1.54, 1.807) is 0 Å². The molecule has 2 rings (SSSR count). The largest absolute Gasteiger partial charge is 0.395 e. The van der Waals surface area contributed by atoms with Crippen molar-refractivity contribution >= 4 is 5.91 Å². The van der Waals surface area contributed by atoms with Gasteiger partial charge in [-0.2, -0.15) is 0 Å². The fraction of sp³-hybridized carbons (Fsp3) is 0.933. The summed E-state index contributed by atoms with van der Waals surface area (Å²) in [6.07, 6.45) is 7.69. The van der Waals surface area contributed by atoms with E-state index in [0.717, 1.165) is 19.4 Å². The molecule has 4 nitrogen and oxygen atoms in total. The monoisotopic (exact) mass is 268 g/mol. The average molecular weight is 268 g/mol. The molecule has 0 aromatic rings. The summed E-state index contributed by atoms with van der Waals surface area (Å²) in [6, 6.07) is 0.697. The Balaban J connectivity index is 1.90. The Bertz CT molecular complexity index is 290. The van der Waals surface area contributed by atoms with Crippen LogP contribution in [0.1, 0.15) is 51.9 Å². The van der Waals surface area contributed by atoms with Crippen LogP contribution in [-0.4, -0.2) is 47.7 Å². The predicted molar refractivity (Wildman–Crippen MR) is 75.9 cm³/mol. The molecule has 1 saturated heterocycles. The first-order chi connectivity index (χ1) is 9.22. The van der Waals surface area contributed by atoms with E-state index in [9.17, 15) is 9.90 Å². The second kappa shape index (κ2) is 7.25. The molecule has 0 radical (unpaired) electrons. The number of nitrogens with zero attached hydrogens (tertiary/aromatic N) is 1. The third-order valence-corrected chi connectivity index (χ3v) is 4.75. The molecule has 1 heterocycles. The van der Waals surface area contributed by atoms with Crippen LogP contribution < -0.4 is 5.32 Å². The molecule has 1 aliphatic carbocycles. The number of carbonyl (C=O) groups is 1. The van der Waals surface area contributed by atoms with E-state index in [0.29, 0.717) is 31.0 Å². The van der Waals surface area contributed by atoms with Gasteiger partial charge in [0.25, 0.3) is 0 Å². The van der Waals surface area contributed by atoms with Crippen molar-refractivity contribution in [3.63, 3.8) is 0 Å². The van der Waals surface area contributed by atoms with Crippen LogP contribution in [0.3, 0.4) is 0 Å². The molecule has 0 aromatic carbocycles. The molecule has 1 aliphatic heterocycles. The molecule has 2 atom stereocenters. The van der Waals surface area contributed by atoms with Crippen molar-refractivity contribution in [3.8, 4) is 0 Å². The van der Waals surface area contributed by atoms with Crippen LogP contribution >= 0.6 is 0 Å². The van der Waals surface area contributed by atoms with Crippen molar-refractivity contribution in [1.29, 1.82) is 0 Å². The van der Waals surface area contributed by atoms with Crippen molar-refractivity contribution < 1.29 is 9.90 Å². The molecule has 1 saturated carbocycles. The quantitative estimate of drug-likeness (QED) is 0.795. The molecule has 2 N–H and O–H groups in total. The summed E-state index contributed by atoms with van der Waals surface area (Å²) >= 11 is 0. The second-order valence-electron chi connectivity index (χ2n) is 6.13. The number of amides is 1. The third kappa shape index (κ3) is 3.93. The maximum atomic E-state index is 12.5. The first-order valence-electron chi connectivity index (χ1n) is 7.86. The van der Waals surface area contributed by atoms with Crippen LogP contribution in [0.2, 0.25) is 0 Å². The Morgan fingerprint density at radius 3 is 2.63 bits per heavy atom. The highest BCUT2D eigenvalue weighted by Gasteiger charge is 2.30. The van der Waals surface area contributed by atoms with Gasteiger partial charge < -0.3 is 15.3 Å². The van der Waals surface area contributed by atoms with Crippen molar-refractivity contribution in [2.75, 3.05) is 19.7 Å². The van der Waals surface area contributed by atoms with E-state index in [1.807, 2.05) is 4.90 Å². The maximum absolute atomic E-state index is 12.5. The van der Waals surface area contributed by atoms with Gasteiger partial charge in [-0.1, -0.05) is 19.8 Å². The summed E-state index contributed by atoms with van der Waals surface area (Å²) in [6.45, 7) is 3.85. The highest BCUT2D eigenvalue weighted by Crippen LogP contribution is 2.25. The molecule has 19 heavy (non-hydrogen) atoms. The van der Waals surface area contributed by atoms with Gasteiger partial charge >= 0.3 is 0 Å². The molecular formula is C15H28N2O2. The SMILES string of the molecule is CC1CCCNC1CC(=O)N(CCO)C1CCCC1. The van der Waals surface area contributed by atoms with Crippen molar-refractivity contribution in [1.82, 2.24) is 10.2 Å². The summed E-state index contributed by atoms with van der Waals surface area (Å²) in [7, 11) is 0. The van der Waals surface area contributed by atoms with Gasteiger partial charge in [0.05, 0.1) is 6.61 Å². The Morgan fingerprint density at radius 1 is 1.26 bits per heavy atom. The Morgan fingerprint density at radius 2 is 2.00 bits per heavy atom. The van der Waals surface area contributed by atoms with Gasteiger partial charge in [0, 0.05) is 25.0 Å². The lowest BCUT2D eigenvalue weighted by molar-refractivity contribution is -0.135. The predicted octanol–water partition coefficient (Wildman–Crippen LogP) is 1.53. The highest BCUT2D eigenvalue weighted by molar-refractivity contribution is 5.77. The van der Waals surface area contributed by atoms with Crippen LogP contribution in [0, 0.1) is 5.92 Å². The Hall–Kier alpha value is -0.610. The minimum absolute atomic E-state index is 0.0793. The van der Waals surface area contributed by atoms with Crippen molar-refractivity contribution in [2.24, 2.45) is 5.92 Å². The molecule has 0 aromatic heterocycles. The fourth-order valence-corrected chi connectivity index (χ4v) is 3.53. The van der Waals surface area contributed by atoms with E-state index in [4.69, 9.17) is 0 Å². The number of nitrogens with one attached hydrogen (secondary N) is 1. The molecule has 0 spiro atoms. The van der Waals surface area contributed by atoms with Crippen molar-refractivity contribution in [2.45, 2.75) is 64.0 Å². The summed E-state index contributed by atoms with van der Waals surface area (Å²) in [5.41, 5.74) is 0. The molecule has 0 bridgehead atoms. The Labute approximate surface area is 116 Å². The maximum Gasteiger partial charge on any atom is 0.224 e. The molecule has 4 heteroatoms. The van der Waals surface area contributed by atoms with E-state index in [-0.39, 0.29) is 12.5 Å². The van der Waals surface area contributed by atoms with Crippen LogP contribution in [0.4, 0.5) is 0 Å². The lowest BCUT2D eigenvalue weighted by Gasteiger charge is -2.34. The zero-order valence-corrected chi connectivity index (χ0v) is 12.1. The minimum Gasteiger partial charge on any atom is -0.395 e. The standard InChI is InChI=1S/C15H28N2O2/c1-12-5-4-8-16-14(12)11-15(19)17(9-10-18)13-6-2-3-7-13/h12-14,16,18H,2-11H2,1H3. The molecule has 2 unspecified atom stereocenters. The Kier molecular flexibility index (Phi) is 5.64. The average Bonchev–Trinajstić information content (AvgIpc) is 2.92. The van der Waals surface area contributed by atoms with Gasteiger partial charge in [-0.15, -0.1) is 0 Å². The normalized spacial score (nSPS) is 28.5. The number of piperidine rings is 1. The summed E-state index contributed by atoms with van der Waals surface area (Å²) in [4.78, 5) is 14.4. The topological polar surface area (TPSA) is 52.6 Å². The highest BCUT2D eigenvalue weighted by atomic mass is 16.3. The van der Waals surface area contributed by atoms with E-state index < -0.39 is 0 Å². The van der Waals surface area contributed by atoms with Crippen LogP contribution in [0.5, 0.6) is 0 Å². The zero-order chi connectivity index (χ0) is 13.7. The number of rotatable bonds is 5. The number of hydrogen-bond acceptors (Lipinski definition) is 3. The molecule has 2 fully saturated rings. The van der Waals surface area contributed by atoms with Gasteiger partial charge in [0.15, 0.2) is 0 Å². The van der Waals surface area contributed by atoms with Crippen LogP contribution in [0.15, 0.2) is 0 Å². The lowest BCUT2D eigenvalue weighted by atomic mass is 9.90. The van der Waals surface area contributed by atoms with Gasteiger partial charge in [0.1, 0.15) is 0 Å². The summed E-state index contributed by atoms with van der Waals surface area (Å²) in [5, 5.41) is 12.7.